The standard InChI is InChI=1S/C22H24N2O4S/c1-4-28-14-13-24-17-7-5-6-8-20(17)29-22(24)23-21(25)12-10-16-9-11-18(26-2)19(15-16)27-3/h5-12,15H,4,13-14H2,1-3H3/b12-10-,23-22?. The van der Waals surface area contributed by atoms with Gasteiger partial charge < -0.3 is 18.8 Å². The molecule has 152 valence electrons. The lowest BCUT2D eigenvalue weighted by Crippen LogP contribution is -2.19. The van der Waals surface area contributed by atoms with Crippen molar-refractivity contribution in [2.75, 3.05) is 27.4 Å². The molecule has 0 aliphatic carbocycles. The van der Waals surface area contributed by atoms with E-state index in [2.05, 4.69) is 4.99 Å². The number of carbonyl (C=O) groups is 1. The lowest BCUT2D eigenvalue weighted by molar-refractivity contribution is -0.113. The number of para-hydroxylation sites is 1. The number of amides is 1. The molecule has 0 bridgehead atoms. The monoisotopic (exact) mass is 412 g/mol. The van der Waals surface area contributed by atoms with Crippen molar-refractivity contribution in [2.24, 2.45) is 4.99 Å². The summed E-state index contributed by atoms with van der Waals surface area (Å²) in [5, 5.41) is 0. The molecule has 0 spiro atoms. The van der Waals surface area contributed by atoms with Crippen LogP contribution in [0.2, 0.25) is 0 Å². The van der Waals surface area contributed by atoms with Gasteiger partial charge in [-0.3, -0.25) is 4.79 Å². The van der Waals surface area contributed by atoms with Crippen molar-refractivity contribution < 1.29 is 19.0 Å². The average molecular weight is 413 g/mol. The highest BCUT2D eigenvalue weighted by molar-refractivity contribution is 7.16. The van der Waals surface area contributed by atoms with E-state index < -0.39 is 0 Å². The van der Waals surface area contributed by atoms with Crippen LogP contribution in [0.15, 0.2) is 53.5 Å². The molecule has 7 heteroatoms. The van der Waals surface area contributed by atoms with E-state index >= 15 is 0 Å². The van der Waals surface area contributed by atoms with Crippen LogP contribution in [0.25, 0.3) is 16.3 Å². The smallest absolute Gasteiger partial charge is 0.272 e. The fraction of sp³-hybridized carbons (Fsp3) is 0.273. The number of ether oxygens (including phenoxy) is 3. The van der Waals surface area contributed by atoms with Crippen molar-refractivity contribution in [1.82, 2.24) is 4.57 Å². The molecule has 3 rings (SSSR count). The number of aromatic nitrogens is 1. The van der Waals surface area contributed by atoms with Gasteiger partial charge in [-0.05, 0) is 42.8 Å². The summed E-state index contributed by atoms with van der Waals surface area (Å²) in [4.78, 5) is 17.4. The van der Waals surface area contributed by atoms with Gasteiger partial charge >= 0.3 is 0 Å². The lowest BCUT2D eigenvalue weighted by atomic mass is 10.2. The Kier molecular flexibility index (Phi) is 7.21. The first-order chi connectivity index (χ1) is 14.2. The van der Waals surface area contributed by atoms with Crippen LogP contribution in [-0.2, 0) is 16.1 Å². The van der Waals surface area contributed by atoms with Crippen molar-refractivity contribution in [2.45, 2.75) is 13.5 Å². The first-order valence-corrected chi connectivity index (χ1v) is 10.1. The van der Waals surface area contributed by atoms with Crippen molar-refractivity contribution in [1.29, 1.82) is 0 Å². The van der Waals surface area contributed by atoms with E-state index in [1.54, 1.807) is 26.4 Å². The Bertz CT molecular complexity index is 1080. The Hall–Kier alpha value is -2.90. The number of carbonyl (C=O) groups excluding carboxylic acids is 1. The van der Waals surface area contributed by atoms with Crippen LogP contribution in [0, 0.1) is 0 Å². The third kappa shape index (κ3) is 5.13. The van der Waals surface area contributed by atoms with Gasteiger partial charge in [0.15, 0.2) is 16.3 Å². The van der Waals surface area contributed by atoms with Crippen LogP contribution in [-0.4, -0.2) is 37.9 Å². The zero-order chi connectivity index (χ0) is 20.6. The molecule has 1 amide bonds. The van der Waals surface area contributed by atoms with Gasteiger partial charge in [0.1, 0.15) is 0 Å². The number of nitrogens with zero attached hydrogens (tertiary/aromatic N) is 2. The predicted octanol–water partition coefficient (Wildman–Crippen LogP) is 3.90. The van der Waals surface area contributed by atoms with Crippen molar-refractivity contribution in [3.63, 3.8) is 0 Å². The molecule has 1 aromatic heterocycles. The first kappa shape index (κ1) is 20.8. The highest BCUT2D eigenvalue weighted by Crippen LogP contribution is 2.28. The summed E-state index contributed by atoms with van der Waals surface area (Å²) in [7, 11) is 3.16. The first-order valence-electron chi connectivity index (χ1n) is 9.31. The Morgan fingerprint density at radius 1 is 1.14 bits per heavy atom. The van der Waals surface area contributed by atoms with Gasteiger partial charge in [-0.15, -0.1) is 0 Å². The van der Waals surface area contributed by atoms with Gasteiger partial charge in [-0.25, -0.2) is 0 Å². The van der Waals surface area contributed by atoms with Crippen LogP contribution in [0.3, 0.4) is 0 Å². The largest absolute Gasteiger partial charge is 0.493 e. The number of methoxy groups -OCH3 is 2. The Balaban J connectivity index is 1.87. The summed E-state index contributed by atoms with van der Waals surface area (Å²) in [6, 6.07) is 13.5. The Morgan fingerprint density at radius 2 is 1.93 bits per heavy atom. The summed E-state index contributed by atoms with van der Waals surface area (Å²) < 4.78 is 19.1. The fourth-order valence-corrected chi connectivity index (χ4v) is 3.94. The molecule has 0 aliphatic heterocycles. The molecule has 0 unspecified atom stereocenters. The molecule has 2 aromatic carbocycles. The van der Waals surface area contributed by atoms with E-state index in [1.165, 1.54) is 17.4 Å². The zero-order valence-corrected chi connectivity index (χ0v) is 17.6. The van der Waals surface area contributed by atoms with E-state index in [0.29, 0.717) is 36.1 Å². The van der Waals surface area contributed by atoms with Crippen LogP contribution >= 0.6 is 11.3 Å². The molecule has 0 saturated heterocycles. The fourth-order valence-electron chi connectivity index (χ4n) is 2.88. The van der Waals surface area contributed by atoms with Crippen molar-refractivity contribution in [3.8, 4) is 11.5 Å². The highest BCUT2D eigenvalue weighted by atomic mass is 32.1. The summed E-state index contributed by atoms with van der Waals surface area (Å²) >= 11 is 1.49. The van der Waals surface area contributed by atoms with Crippen LogP contribution in [0.5, 0.6) is 11.5 Å². The lowest BCUT2D eigenvalue weighted by Gasteiger charge is -2.07. The summed E-state index contributed by atoms with van der Waals surface area (Å²) in [6.45, 7) is 3.83. The summed E-state index contributed by atoms with van der Waals surface area (Å²) in [5.41, 5.74) is 1.87. The molecule has 0 saturated carbocycles. The molecule has 29 heavy (non-hydrogen) atoms. The topological polar surface area (TPSA) is 62.1 Å². The molecular weight excluding hydrogens is 388 g/mol. The van der Waals surface area contributed by atoms with Gasteiger partial charge in [0.2, 0.25) is 0 Å². The number of fused-ring (bicyclic) bond motifs is 1. The minimum absolute atomic E-state index is 0.323. The third-order valence-corrected chi connectivity index (χ3v) is 5.34. The Labute approximate surface area is 173 Å². The normalized spacial score (nSPS) is 12.0. The van der Waals surface area contributed by atoms with E-state index in [1.807, 2.05) is 47.9 Å². The Morgan fingerprint density at radius 3 is 2.69 bits per heavy atom. The number of thiazole rings is 1. The second-order valence-electron chi connectivity index (χ2n) is 6.10. The maximum atomic E-state index is 12.5. The average Bonchev–Trinajstić information content (AvgIpc) is 3.09. The maximum Gasteiger partial charge on any atom is 0.272 e. The number of benzene rings is 2. The van der Waals surface area contributed by atoms with Crippen LogP contribution in [0.1, 0.15) is 12.5 Å². The molecule has 0 N–H and O–H groups in total. The minimum Gasteiger partial charge on any atom is -0.493 e. The second kappa shape index (κ2) is 10.0. The molecule has 0 aliphatic rings. The molecule has 6 nitrogen and oxygen atoms in total. The van der Waals surface area contributed by atoms with Gasteiger partial charge in [0, 0.05) is 19.2 Å². The van der Waals surface area contributed by atoms with Gasteiger partial charge in [-0.2, -0.15) is 4.99 Å². The second-order valence-corrected chi connectivity index (χ2v) is 7.11. The third-order valence-electron chi connectivity index (χ3n) is 4.28. The van der Waals surface area contributed by atoms with E-state index in [9.17, 15) is 4.79 Å². The summed E-state index contributed by atoms with van der Waals surface area (Å²) in [6.07, 6.45) is 3.17. The van der Waals surface area contributed by atoms with Crippen LogP contribution < -0.4 is 14.3 Å². The highest BCUT2D eigenvalue weighted by Gasteiger charge is 2.07. The van der Waals surface area contributed by atoms with E-state index in [0.717, 1.165) is 15.8 Å². The van der Waals surface area contributed by atoms with E-state index in [4.69, 9.17) is 14.2 Å². The molecule has 3 aromatic rings. The van der Waals surface area contributed by atoms with Gasteiger partial charge in [0.05, 0.1) is 31.0 Å². The van der Waals surface area contributed by atoms with Gasteiger partial charge in [-0.1, -0.05) is 29.5 Å². The van der Waals surface area contributed by atoms with Gasteiger partial charge in [0.25, 0.3) is 5.91 Å². The van der Waals surface area contributed by atoms with Crippen LogP contribution in [0.4, 0.5) is 0 Å². The minimum atomic E-state index is -0.323. The SMILES string of the molecule is CCOCCn1c(=NC(=O)/C=C\c2ccc(OC)c(OC)c2)sc2ccccc21. The van der Waals surface area contributed by atoms with Crippen molar-refractivity contribution in [3.05, 3.63) is 58.9 Å². The van der Waals surface area contributed by atoms with E-state index in [-0.39, 0.29) is 5.91 Å². The number of rotatable bonds is 8. The quantitative estimate of drug-likeness (QED) is 0.416. The molecule has 0 atom stereocenters. The molecule has 0 fully saturated rings. The molecule has 1 heterocycles. The maximum absolute atomic E-state index is 12.5. The molecule has 0 radical (unpaired) electrons. The molecular formula is C22H24N2O4S. The predicted molar refractivity (Wildman–Crippen MR) is 115 cm³/mol. The zero-order valence-electron chi connectivity index (χ0n) is 16.8. The summed E-state index contributed by atoms with van der Waals surface area (Å²) in [5.74, 6) is 0.926. The number of hydrogen-bond acceptors (Lipinski definition) is 5. The van der Waals surface area contributed by atoms with Crippen molar-refractivity contribution >= 4 is 33.5 Å². The number of hydrogen-bond donors (Lipinski definition) is 0.